The van der Waals surface area contributed by atoms with E-state index in [0.29, 0.717) is 0 Å². The van der Waals surface area contributed by atoms with Gasteiger partial charge in [0.15, 0.2) is 0 Å². The van der Waals surface area contributed by atoms with E-state index in [4.69, 9.17) is 4.74 Å². The van der Waals surface area contributed by atoms with E-state index in [9.17, 15) is 0 Å². The minimum atomic E-state index is 0.805. The zero-order chi connectivity index (χ0) is 14.1. The Morgan fingerprint density at radius 3 is 2.80 bits per heavy atom. The fourth-order valence-electron chi connectivity index (χ4n) is 2.44. The molecule has 0 N–H and O–H groups in total. The lowest BCUT2D eigenvalue weighted by Gasteiger charge is -2.13. The molecule has 1 aromatic carbocycles. The number of aromatic nitrogens is 3. The predicted octanol–water partition coefficient (Wildman–Crippen LogP) is 3.30. The van der Waals surface area contributed by atoms with Crippen LogP contribution in [0, 0.1) is 6.92 Å². The summed E-state index contributed by atoms with van der Waals surface area (Å²) < 4.78 is 7.46. The van der Waals surface area contributed by atoms with Gasteiger partial charge in [0, 0.05) is 17.3 Å². The van der Waals surface area contributed by atoms with Gasteiger partial charge in [-0.1, -0.05) is 6.92 Å². The highest BCUT2D eigenvalue weighted by Gasteiger charge is 2.14. The van der Waals surface area contributed by atoms with Crippen LogP contribution in [0.15, 0.2) is 36.5 Å². The van der Waals surface area contributed by atoms with Crippen molar-refractivity contribution < 1.29 is 4.74 Å². The average Bonchev–Trinajstić information content (AvgIpc) is 2.86. The third kappa shape index (κ3) is 1.93. The van der Waals surface area contributed by atoms with Crippen LogP contribution in [0.3, 0.4) is 0 Å². The second-order valence-corrected chi connectivity index (χ2v) is 4.73. The molecular formula is C16H17N3O. The Kier molecular flexibility index (Phi) is 3.14. The Labute approximate surface area is 118 Å². The van der Waals surface area contributed by atoms with Gasteiger partial charge in [0.05, 0.1) is 18.3 Å². The molecule has 0 spiro atoms. The largest absolute Gasteiger partial charge is 0.494 e. The molecule has 0 saturated heterocycles. The highest BCUT2D eigenvalue weighted by atomic mass is 16.5. The minimum Gasteiger partial charge on any atom is -0.494 e. The average molecular weight is 267 g/mol. The molecule has 20 heavy (non-hydrogen) atoms. The Bertz CT molecular complexity index is 762. The molecule has 0 aliphatic carbocycles. The predicted molar refractivity (Wildman–Crippen MR) is 79.5 cm³/mol. The van der Waals surface area contributed by atoms with Crippen molar-refractivity contribution in [1.29, 1.82) is 0 Å². The molecule has 4 nitrogen and oxygen atoms in total. The van der Waals surface area contributed by atoms with Crippen molar-refractivity contribution in [2.75, 3.05) is 7.11 Å². The summed E-state index contributed by atoms with van der Waals surface area (Å²) in [5.74, 6) is 0.805. The molecular weight excluding hydrogens is 250 g/mol. The molecule has 102 valence electrons. The lowest BCUT2D eigenvalue weighted by Crippen LogP contribution is -2.03. The van der Waals surface area contributed by atoms with Gasteiger partial charge in [-0.25, -0.2) is 4.68 Å². The van der Waals surface area contributed by atoms with Gasteiger partial charge in [0.2, 0.25) is 0 Å². The standard InChI is InChI=1S/C16H17N3O/c1-4-12-10-11(2)19(18-12)16-13-6-5-9-17-14(13)7-8-15(16)20-3/h5-10H,4H2,1-3H3. The van der Waals surface area contributed by atoms with Crippen molar-refractivity contribution in [3.63, 3.8) is 0 Å². The van der Waals surface area contributed by atoms with E-state index in [1.807, 2.05) is 28.9 Å². The van der Waals surface area contributed by atoms with Crippen molar-refractivity contribution in [2.45, 2.75) is 20.3 Å². The van der Waals surface area contributed by atoms with Crippen molar-refractivity contribution in [2.24, 2.45) is 0 Å². The van der Waals surface area contributed by atoms with Crippen LogP contribution in [0.25, 0.3) is 16.6 Å². The first-order valence-electron chi connectivity index (χ1n) is 6.72. The number of hydrogen-bond acceptors (Lipinski definition) is 3. The first kappa shape index (κ1) is 12.7. The molecule has 0 fully saturated rings. The minimum absolute atomic E-state index is 0.805. The van der Waals surface area contributed by atoms with E-state index in [0.717, 1.165) is 40.1 Å². The molecule has 0 unspecified atom stereocenters. The third-order valence-electron chi connectivity index (χ3n) is 3.45. The van der Waals surface area contributed by atoms with Crippen LogP contribution >= 0.6 is 0 Å². The molecule has 2 heterocycles. The molecule has 0 radical (unpaired) electrons. The van der Waals surface area contributed by atoms with E-state index in [2.05, 4.69) is 30.0 Å². The monoisotopic (exact) mass is 267 g/mol. The van der Waals surface area contributed by atoms with Gasteiger partial charge in [-0.2, -0.15) is 5.10 Å². The summed E-state index contributed by atoms with van der Waals surface area (Å²) in [5.41, 5.74) is 4.06. The molecule has 0 atom stereocenters. The fourth-order valence-corrected chi connectivity index (χ4v) is 2.44. The zero-order valence-corrected chi connectivity index (χ0v) is 11.9. The van der Waals surface area contributed by atoms with Gasteiger partial charge in [-0.3, -0.25) is 4.98 Å². The zero-order valence-electron chi connectivity index (χ0n) is 11.9. The van der Waals surface area contributed by atoms with Crippen molar-refractivity contribution >= 4 is 10.9 Å². The first-order chi connectivity index (χ1) is 9.74. The first-order valence-corrected chi connectivity index (χ1v) is 6.72. The molecule has 0 amide bonds. The Morgan fingerprint density at radius 2 is 2.10 bits per heavy atom. The van der Waals surface area contributed by atoms with Crippen LogP contribution in [0.5, 0.6) is 5.75 Å². The highest BCUT2D eigenvalue weighted by Crippen LogP contribution is 2.31. The number of fused-ring (bicyclic) bond motifs is 1. The molecule has 3 rings (SSSR count). The van der Waals surface area contributed by atoms with E-state index in [1.165, 1.54) is 0 Å². The van der Waals surface area contributed by atoms with Crippen molar-refractivity contribution in [3.05, 3.63) is 47.9 Å². The summed E-state index contributed by atoms with van der Waals surface area (Å²) >= 11 is 0. The van der Waals surface area contributed by atoms with Crippen LogP contribution in [-0.2, 0) is 6.42 Å². The second kappa shape index (κ2) is 4.96. The van der Waals surface area contributed by atoms with Gasteiger partial charge in [-0.15, -0.1) is 0 Å². The van der Waals surface area contributed by atoms with E-state index in [1.54, 1.807) is 13.3 Å². The van der Waals surface area contributed by atoms with Gasteiger partial charge in [0.1, 0.15) is 11.4 Å². The summed E-state index contributed by atoms with van der Waals surface area (Å²) in [7, 11) is 1.68. The van der Waals surface area contributed by atoms with Crippen LogP contribution in [0.1, 0.15) is 18.3 Å². The third-order valence-corrected chi connectivity index (χ3v) is 3.45. The molecule has 2 aromatic heterocycles. The van der Waals surface area contributed by atoms with Crippen molar-refractivity contribution in [1.82, 2.24) is 14.8 Å². The van der Waals surface area contributed by atoms with E-state index in [-0.39, 0.29) is 0 Å². The molecule has 0 saturated carbocycles. The van der Waals surface area contributed by atoms with Gasteiger partial charge < -0.3 is 4.74 Å². The summed E-state index contributed by atoms with van der Waals surface area (Å²) in [4.78, 5) is 4.40. The maximum Gasteiger partial charge on any atom is 0.145 e. The van der Waals surface area contributed by atoms with E-state index < -0.39 is 0 Å². The summed E-state index contributed by atoms with van der Waals surface area (Å²) in [6.45, 7) is 4.16. The SMILES string of the molecule is CCc1cc(C)n(-c2c(OC)ccc3ncccc23)n1. The van der Waals surface area contributed by atoms with Crippen LogP contribution in [0.4, 0.5) is 0 Å². The number of pyridine rings is 1. The van der Waals surface area contributed by atoms with Crippen LogP contribution in [0.2, 0.25) is 0 Å². The van der Waals surface area contributed by atoms with Gasteiger partial charge >= 0.3 is 0 Å². The number of nitrogens with zero attached hydrogens (tertiary/aromatic N) is 3. The number of aryl methyl sites for hydroxylation is 2. The summed E-state index contributed by atoms with van der Waals surface area (Å²) in [5, 5.41) is 5.71. The molecule has 0 aliphatic heterocycles. The number of benzene rings is 1. The molecule has 0 bridgehead atoms. The molecule has 4 heteroatoms. The fraction of sp³-hybridized carbons (Fsp3) is 0.250. The van der Waals surface area contributed by atoms with Crippen LogP contribution in [-0.4, -0.2) is 21.9 Å². The van der Waals surface area contributed by atoms with Crippen LogP contribution < -0.4 is 4.74 Å². The maximum atomic E-state index is 5.52. The normalized spacial score (nSPS) is 10.9. The molecule has 0 aliphatic rings. The lowest BCUT2D eigenvalue weighted by atomic mass is 10.1. The number of methoxy groups -OCH3 is 1. The van der Waals surface area contributed by atoms with E-state index >= 15 is 0 Å². The second-order valence-electron chi connectivity index (χ2n) is 4.73. The highest BCUT2D eigenvalue weighted by molar-refractivity contribution is 5.90. The lowest BCUT2D eigenvalue weighted by molar-refractivity contribution is 0.412. The Balaban J connectivity index is 2.35. The smallest absolute Gasteiger partial charge is 0.145 e. The number of rotatable bonds is 3. The number of ether oxygens (including phenoxy) is 1. The topological polar surface area (TPSA) is 39.9 Å². The number of hydrogen-bond donors (Lipinski definition) is 0. The van der Waals surface area contributed by atoms with Crippen molar-refractivity contribution in [3.8, 4) is 11.4 Å². The quantitative estimate of drug-likeness (QED) is 0.731. The Morgan fingerprint density at radius 1 is 1.25 bits per heavy atom. The summed E-state index contributed by atoms with van der Waals surface area (Å²) in [6.07, 6.45) is 2.71. The molecule has 3 aromatic rings. The maximum absolute atomic E-state index is 5.52. The summed E-state index contributed by atoms with van der Waals surface area (Å²) in [6, 6.07) is 10.0. The van der Waals surface area contributed by atoms with Gasteiger partial charge in [0.25, 0.3) is 0 Å². The van der Waals surface area contributed by atoms with Gasteiger partial charge in [-0.05, 0) is 43.7 Å². The Hall–Kier alpha value is -2.36.